The minimum atomic E-state index is 0.202. The lowest BCUT2D eigenvalue weighted by molar-refractivity contribution is 0.444. The van der Waals surface area contributed by atoms with Crippen molar-refractivity contribution >= 4 is 34.7 Å². The Hall–Kier alpha value is -0.610. The normalized spacial score (nSPS) is 10.7. The zero-order valence-corrected chi connectivity index (χ0v) is 5.92. The first kappa shape index (κ1) is 5.20. The van der Waals surface area contributed by atoms with Gasteiger partial charge in [0.05, 0.1) is 0 Å². The van der Waals surface area contributed by atoms with E-state index in [0.717, 1.165) is 11.2 Å². The van der Waals surface area contributed by atoms with Crippen molar-refractivity contribution in [1.29, 1.82) is 0 Å². The van der Waals surface area contributed by atoms with E-state index in [1.165, 1.54) is 11.3 Å². The monoisotopic (exact) mass is 158 g/mol. The molecule has 4 heteroatoms. The Labute approximate surface area is 59.7 Å². The minimum absolute atomic E-state index is 0.202. The van der Waals surface area contributed by atoms with Crippen LogP contribution in [0.25, 0.3) is 11.2 Å². The summed E-state index contributed by atoms with van der Waals surface area (Å²) < 4.78 is 9.93. The van der Waals surface area contributed by atoms with Gasteiger partial charge in [-0.15, -0.1) is 11.3 Å². The molecule has 0 aliphatic carbocycles. The highest BCUT2D eigenvalue weighted by molar-refractivity contribution is 7.71. The fourth-order valence-electron chi connectivity index (χ4n) is 0.623. The van der Waals surface area contributed by atoms with Crippen molar-refractivity contribution in [3.05, 3.63) is 15.7 Å². The van der Waals surface area contributed by atoms with Gasteiger partial charge in [-0.05, 0) is 0 Å². The molecule has 2 rings (SSSR count). The second kappa shape index (κ2) is 1.68. The van der Waals surface area contributed by atoms with Gasteiger partial charge in [-0.1, -0.05) is 0 Å². The molecule has 0 radical (unpaired) electrons. The molecule has 0 N–H and O–H groups in total. The molecule has 0 saturated carbocycles. The summed E-state index contributed by atoms with van der Waals surface area (Å²) in [6, 6.07) is 0. The summed E-state index contributed by atoms with van der Waals surface area (Å²) in [5, 5.41) is 3.71. The zero-order chi connectivity index (χ0) is 6.27. The van der Waals surface area contributed by atoms with Gasteiger partial charge in [0.1, 0.15) is 0 Å². The van der Waals surface area contributed by atoms with E-state index in [9.17, 15) is 0 Å². The highest BCUT2D eigenvalue weighted by Crippen LogP contribution is 2.20. The Morgan fingerprint density at radius 1 is 1.22 bits per heavy atom. The van der Waals surface area contributed by atoms with Crippen molar-refractivity contribution < 1.29 is 8.83 Å². The first-order valence-electron chi connectivity index (χ1n) is 2.32. The summed E-state index contributed by atoms with van der Waals surface area (Å²) in [6.07, 6.45) is 0. The third kappa shape index (κ3) is 0.710. The Morgan fingerprint density at radius 3 is 2.33 bits per heavy atom. The quantitative estimate of drug-likeness (QED) is 0.551. The van der Waals surface area contributed by atoms with Crippen molar-refractivity contribution in [1.82, 2.24) is 0 Å². The van der Waals surface area contributed by atoms with E-state index in [1.807, 2.05) is 10.8 Å². The first-order valence-corrected chi connectivity index (χ1v) is 3.67. The molecule has 0 aliphatic rings. The summed E-state index contributed by atoms with van der Waals surface area (Å²) >= 11 is 6.17. The predicted molar refractivity (Wildman–Crippen MR) is 37.2 cm³/mol. The standard InChI is InChI=1S/C5H2O2S2/c8-5-6-3-1-9-2-4(3)7-5/h1-2H. The molecule has 2 nitrogen and oxygen atoms in total. The molecule has 0 unspecified atom stereocenters. The number of hydrogen-bond donors (Lipinski definition) is 0. The van der Waals surface area contributed by atoms with Gasteiger partial charge in [-0.2, -0.15) is 0 Å². The summed E-state index contributed by atoms with van der Waals surface area (Å²) in [6.45, 7) is 0. The maximum Gasteiger partial charge on any atom is 0.363 e. The summed E-state index contributed by atoms with van der Waals surface area (Å²) in [5.74, 6) is 0. The molecular formula is C5H2O2S2. The van der Waals surface area contributed by atoms with Crippen LogP contribution in [0.2, 0.25) is 0 Å². The van der Waals surface area contributed by atoms with Gasteiger partial charge in [-0.25, -0.2) is 0 Å². The third-order valence-electron chi connectivity index (χ3n) is 0.980. The van der Waals surface area contributed by atoms with Crippen molar-refractivity contribution in [2.24, 2.45) is 0 Å². The van der Waals surface area contributed by atoms with Crippen LogP contribution in [0.1, 0.15) is 0 Å². The van der Waals surface area contributed by atoms with E-state index in [4.69, 9.17) is 8.83 Å². The van der Waals surface area contributed by atoms with Gasteiger partial charge < -0.3 is 8.83 Å². The number of fused-ring (bicyclic) bond motifs is 1. The van der Waals surface area contributed by atoms with E-state index in [1.54, 1.807) is 0 Å². The zero-order valence-electron chi connectivity index (χ0n) is 4.29. The molecule has 2 heterocycles. The van der Waals surface area contributed by atoms with Crippen molar-refractivity contribution in [2.45, 2.75) is 0 Å². The van der Waals surface area contributed by atoms with E-state index in [-0.39, 0.29) is 4.90 Å². The maximum atomic E-state index is 4.97. The van der Waals surface area contributed by atoms with Crippen LogP contribution in [0.3, 0.4) is 0 Å². The molecule has 0 spiro atoms. The molecule has 9 heavy (non-hydrogen) atoms. The molecule has 0 fully saturated rings. The molecular weight excluding hydrogens is 156 g/mol. The van der Waals surface area contributed by atoms with Crippen LogP contribution in [-0.2, 0) is 0 Å². The summed E-state index contributed by atoms with van der Waals surface area (Å²) in [5.41, 5.74) is 1.48. The van der Waals surface area contributed by atoms with Crippen molar-refractivity contribution in [3.8, 4) is 0 Å². The van der Waals surface area contributed by atoms with Gasteiger partial charge in [0.25, 0.3) is 0 Å². The minimum Gasteiger partial charge on any atom is -0.412 e. The molecule has 2 aromatic heterocycles. The molecule has 0 aliphatic heterocycles. The Bertz CT molecular complexity index is 336. The smallest absolute Gasteiger partial charge is 0.363 e. The number of thiophene rings is 1. The largest absolute Gasteiger partial charge is 0.412 e. The molecule has 0 amide bonds. The third-order valence-corrected chi connectivity index (χ3v) is 1.85. The van der Waals surface area contributed by atoms with Crippen LogP contribution in [0, 0.1) is 4.90 Å². The second-order valence-electron chi connectivity index (χ2n) is 1.55. The Kier molecular flexibility index (Phi) is 0.972. The second-order valence-corrected chi connectivity index (χ2v) is 2.63. The maximum absolute atomic E-state index is 4.97. The van der Waals surface area contributed by atoms with Crippen LogP contribution < -0.4 is 0 Å². The summed E-state index contributed by atoms with van der Waals surface area (Å²) in [7, 11) is 0. The predicted octanol–water partition coefficient (Wildman–Crippen LogP) is 2.82. The average Bonchev–Trinajstić information content (AvgIpc) is 2.22. The average molecular weight is 158 g/mol. The summed E-state index contributed by atoms with van der Waals surface area (Å²) in [4.78, 5) is 0.202. The molecule has 0 saturated heterocycles. The molecule has 0 aromatic carbocycles. The van der Waals surface area contributed by atoms with Crippen LogP contribution in [0.5, 0.6) is 0 Å². The van der Waals surface area contributed by atoms with Crippen LogP contribution >= 0.6 is 23.6 Å². The molecule has 0 atom stereocenters. The molecule has 2 aromatic rings. The van der Waals surface area contributed by atoms with Gasteiger partial charge in [-0.3, -0.25) is 0 Å². The fraction of sp³-hybridized carbons (Fsp3) is 0. The Balaban J connectivity index is 3.08. The number of rotatable bonds is 0. The van der Waals surface area contributed by atoms with Gasteiger partial charge in [0.15, 0.2) is 11.2 Å². The molecule has 46 valence electrons. The van der Waals surface area contributed by atoms with Crippen LogP contribution in [-0.4, -0.2) is 0 Å². The first-order chi connectivity index (χ1) is 4.36. The van der Waals surface area contributed by atoms with Gasteiger partial charge >= 0.3 is 4.90 Å². The lowest BCUT2D eigenvalue weighted by Gasteiger charge is -1.61. The Morgan fingerprint density at radius 2 is 1.78 bits per heavy atom. The fourth-order valence-corrected chi connectivity index (χ4v) is 1.45. The van der Waals surface area contributed by atoms with Gasteiger partial charge in [0, 0.05) is 23.0 Å². The van der Waals surface area contributed by atoms with Crippen LogP contribution in [0.4, 0.5) is 0 Å². The van der Waals surface area contributed by atoms with E-state index in [0.29, 0.717) is 0 Å². The highest BCUT2D eigenvalue weighted by Gasteiger charge is 1.98. The highest BCUT2D eigenvalue weighted by atomic mass is 32.1. The lowest BCUT2D eigenvalue weighted by Crippen LogP contribution is -1.38. The SMILES string of the molecule is S=c1oc2cscc2o1. The number of hydrogen-bond acceptors (Lipinski definition) is 4. The van der Waals surface area contributed by atoms with Gasteiger partial charge in [0.2, 0.25) is 0 Å². The van der Waals surface area contributed by atoms with E-state index < -0.39 is 0 Å². The topological polar surface area (TPSA) is 26.3 Å². The van der Waals surface area contributed by atoms with Crippen molar-refractivity contribution in [3.63, 3.8) is 0 Å². The van der Waals surface area contributed by atoms with E-state index in [2.05, 4.69) is 12.2 Å². The van der Waals surface area contributed by atoms with Crippen LogP contribution in [0.15, 0.2) is 19.6 Å². The van der Waals surface area contributed by atoms with Crippen molar-refractivity contribution in [2.75, 3.05) is 0 Å². The van der Waals surface area contributed by atoms with E-state index >= 15 is 0 Å². The lowest BCUT2D eigenvalue weighted by atomic mass is 10.6. The molecule has 0 bridgehead atoms.